The summed E-state index contributed by atoms with van der Waals surface area (Å²) in [7, 11) is -5.32. The van der Waals surface area contributed by atoms with Gasteiger partial charge in [-0.25, -0.2) is 18.4 Å². The van der Waals surface area contributed by atoms with Crippen molar-refractivity contribution in [1.82, 2.24) is 15.0 Å². The van der Waals surface area contributed by atoms with Crippen LogP contribution in [-0.2, 0) is 14.4 Å². The molecule has 0 saturated heterocycles. The first-order valence-corrected chi connectivity index (χ1v) is 18.1. The Hall–Kier alpha value is -2.60. The Labute approximate surface area is 236 Å². The Kier molecular flexibility index (Phi) is 8.65. The van der Waals surface area contributed by atoms with Gasteiger partial charge in [0.1, 0.15) is 5.52 Å². The van der Waals surface area contributed by atoms with E-state index in [0.29, 0.717) is 33.6 Å². The summed E-state index contributed by atoms with van der Waals surface area (Å²) in [6.07, 6.45) is 9.44. The van der Waals surface area contributed by atoms with Crippen LogP contribution in [-0.4, -0.2) is 56.4 Å². The molecule has 0 atom stereocenters. The fourth-order valence-corrected chi connectivity index (χ4v) is 6.04. The van der Waals surface area contributed by atoms with E-state index in [4.69, 9.17) is 25.7 Å². The van der Waals surface area contributed by atoms with Crippen molar-refractivity contribution >= 4 is 58.7 Å². The summed E-state index contributed by atoms with van der Waals surface area (Å²) in [5.41, 5.74) is 1.63. The zero-order valence-electron chi connectivity index (χ0n) is 23.2. The number of nitrogens with zero attached hydrogens (tertiary/aromatic N) is 4. The van der Waals surface area contributed by atoms with Crippen LogP contribution >= 0.6 is 11.6 Å². The first kappa shape index (κ1) is 29.4. The van der Waals surface area contributed by atoms with Crippen molar-refractivity contribution in [3.05, 3.63) is 47.4 Å². The number of aromatic nitrogens is 3. The molecule has 1 N–H and O–H groups in total. The van der Waals surface area contributed by atoms with E-state index < -0.39 is 18.3 Å². The molecular formula is C27H36ClN5O4SSi. The highest BCUT2D eigenvalue weighted by Crippen LogP contribution is 2.40. The third-order valence-corrected chi connectivity index (χ3v) is 12.6. The highest BCUT2D eigenvalue weighted by molar-refractivity contribution is 7.89. The van der Waals surface area contributed by atoms with Crippen molar-refractivity contribution in [3.63, 3.8) is 0 Å². The van der Waals surface area contributed by atoms with Crippen LogP contribution in [0.25, 0.3) is 10.9 Å². The van der Waals surface area contributed by atoms with Gasteiger partial charge in [-0.3, -0.25) is 4.98 Å². The quantitative estimate of drug-likeness (QED) is 0.233. The monoisotopic (exact) mass is 589 g/mol. The number of anilines is 2. The number of hydrogen-bond donors (Lipinski definition) is 1. The van der Waals surface area contributed by atoms with Crippen LogP contribution in [0.15, 0.2) is 41.1 Å². The smallest absolute Gasteiger partial charge is 0.250 e. The number of ether oxygens (including phenoxy) is 1. The standard InChI is InChI=1S/C27H36ClN5O4SSi/c1-27(2,3)39(5,6)37-22-10-8-21(9-11-22)36-25-23(28)12-7-18-16-30-26(33-24(18)25)32-19-13-14-29-20(15-19)17-31-38(4,34)35/h7,12-17,21-22H,8-11H2,1-6H3,(H,29,30,32,33)/t21-,22+. The molecule has 1 aromatic carbocycles. The molecular weight excluding hydrogens is 554 g/mol. The predicted molar refractivity (Wildman–Crippen MR) is 159 cm³/mol. The minimum atomic E-state index is -3.50. The number of pyridine rings is 1. The summed E-state index contributed by atoms with van der Waals surface area (Å²) in [6.45, 7) is 11.4. The van der Waals surface area contributed by atoms with E-state index in [1.165, 1.54) is 6.21 Å². The van der Waals surface area contributed by atoms with Gasteiger partial charge in [0.25, 0.3) is 0 Å². The van der Waals surface area contributed by atoms with E-state index in [0.717, 1.165) is 37.3 Å². The van der Waals surface area contributed by atoms with E-state index >= 15 is 0 Å². The predicted octanol–water partition coefficient (Wildman–Crippen LogP) is 6.51. The number of hydrogen-bond acceptors (Lipinski definition) is 8. The van der Waals surface area contributed by atoms with E-state index in [1.54, 1.807) is 30.6 Å². The molecule has 0 bridgehead atoms. The van der Waals surface area contributed by atoms with Crippen LogP contribution < -0.4 is 10.1 Å². The maximum absolute atomic E-state index is 11.3. The summed E-state index contributed by atoms with van der Waals surface area (Å²) in [6, 6.07) is 7.05. The summed E-state index contributed by atoms with van der Waals surface area (Å²) in [4.78, 5) is 13.2. The molecule has 1 fully saturated rings. The van der Waals surface area contributed by atoms with Crippen LogP contribution in [0.3, 0.4) is 0 Å². The third-order valence-electron chi connectivity index (χ3n) is 7.25. The van der Waals surface area contributed by atoms with Gasteiger partial charge in [-0.05, 0) is 68.1 Å². The molecule has 1 saturated carbocycles. The molecule has 4 rings (SSSR count). The average molecular weight is 590 g/mol. The van der Waals surface area contributed by atoms with Gasteiger partial charge in [0.05, 0.1) is 29.3 Å². The molecule has 1 aliphatic rings. The number of benzene rings is 1. The van der Waals surface area contributed by atoms with Gasteiger partial charge < -0.3 is 14.5 Å². The lowest BCUT2D eigenvalue weighted by molar-refractivity contribution is 0.0733. The number of halogens is 1. The van der Waals surface area contributed by atoms with E-state index in [-0.39, 0.29) is 17.2 Å². The van der Waals surface area contributed by atoms with Crippen molar-refractivity contribution < 1.29 is 17.6 Å². The Balaban J connectivity index is 1.49. The summed E-state index contributed by atoms with van der Waals surface area (Å²) < 4.78 is 39.3. The fourth-order valence-electron chi connectivity index (χ4n) is 4.12. The van der Waals surface area contributed by atoms with Gasteiger partial charge in [-0.1, -0.05) is 32.4 Å². The zero-order valence-corrected chi connectivity index (χ0v) is 25.8. The second kappa shape index (κ2) is 11.5. The Morgan fingerprint density at radius 1 is 1.10 bits per heavy atom. The molecule has 3 aromatic rings. The molecule has 9 nitrogen and oxygen atoms in total. The molecule has 12 heteroatoms. The fraction of sp³-hybridized carbons (Fsp3) is 0.481. The van der Waals surface area contributed by atoms with E-state index in [2.05, 4.69) is 53.5 Å². The number of fused-ring (bicyclic) bond motifs is 1. The minimum absolute atomic E-state index is 0.0237. The lowest BCUT2D eigenvalue weighted by Crippen LogP contribution is -2.45. The second-order valence-electron chi connectivity index (χ2n) is 11.5. The van der Waals surface area contributed by atoms with Gasteiger partial charge >= 0.3 is 0 Å². The van der Waals surface area contributed by atoms with Crippen LogP contribution in [0.4, 0.5) is 11.6 Å². The van der Waals surface area contributed by atoms with E-state index in [1.807, 2.05) is 6.07 Å². The summed E-state index contributed by atoms with van der Waals surface area (Å²) in [5.74, 6) is 0.891. The molecule has 210 valence electrons. The third kappa shape index (κ3) is 7.74. The van der Waals surface area contributed by atoms with Gasteiger partial charge in [0.15, 0.2) is 14.1 Å². The van der Waals surface area contributed by atoms with Crippen LogP contribution in [0.1, 0.15) is 52.1 Å². The Morgan fingerprint density at radius 2 is 1.79 bits per heavy atom. The molecule has 39 heavy (non-hydrogen) atoms. The minimum Gasteiger partial charge on any atom is -0.487 e. The van der Waals surface area contributed by atoms with Gasteiger partial charge in [-0.2, -0.15) is 4.40 Å². The first-order valence-electron chi connectivity index (χ1n) is 13.0. The Morgan fingerprint density at radius 3 is 2.46 bits per heavy atom. The number of nitrogens with one attached hydrogen (secondary N) is 1. The Bertz CT molecular complexity index is 1470. The zero-order chi connectivity index (χ0) is 28.4. The molecule has 2 heterocycles. The maximum Gasteiger partial charge on any atom is 0.250 e. The molecule has 1 aliphatic carbocycles. The summed E-state index contributed by atoms with van der Waals surface area (Å²) in [5, 5.41) is 4.63. The van der Waals surface area contributed by atoms with Crippen LogP contribution in [0.2, 0.25) is 23.2 Å². The molecule has 0 amide bonds. The van der Waals surface area contributed by atoms with Crippen molar-refractivity contribution in [3.8, 4) is 5.75 Å². The number of sulfonamides is 1. The van der Waals surface area contributed by atoms with Gasteiger partial charge in [-0.15, -0.1) is 0 Å². The van der Waals surface area contributed by atoms with Crippen LogP contribution in [0.5, 0.6) is 5.75 Å². The first-order chi connectivity index (χ1) is 18.2. The van der Waals surface area contributed by atoms with Gasteiger partial charge in [0.2, 0.25) is 16.0 Å². The van der Waals surface area contributed by atoms with E-state index in [9.17, 15) is 8.42 Å². The van der Waals surface area contributed by atoms with Crippen molar-refractivity contribution in [2.45, 2.75) is 76.8 Å². The number of rotatable bonds is 8. The van der Waals surface area contributed by atoms with Gasteiger partial charge in [0, 0.05) is 29.6 Å². The molecule has 0 unspecified atom stereocenters. The molecule has 0 radical (unpaired) electrons. The molecule has 0 spiro atoms. The van der Waals surface area contributed by atoms with Crippen LogP contribution in [0, 0.1) is 0 Å². The highest BCUT2D eigenvalue weighted by Gasteiger charge is 2.40. The lowest BCUT2D eigenvalue weighted by Gasteiger charge is -2.41. The normalized spacial score (nSPS) is 18.9. The molecule has 0 aliphatic heterocycles. The summed E-state index contributed by atoms with van der Waals surface area (Å²) >= 11 is 6.60. The SMILES string of the molecule is CC(C)(C)[Si](C)(C)O[C@H]1CC[C@@H](Oc2c(Cl)ccc3cnc(Nc4ccnc(C=NS(C)(=O)=O)c4)nc23)CC1. The second-order valence-corrected chi connectivity index (χ2v) is 18.3. The maximum atomic E-state index is 11.3. The van der Waals surface area contributed by atoms with Crippen molar-refractivity contribution in [1.29, 1.82) is 0 Å². The van der Waals surface area contributed by atoms with Crippen molar-refractivity contribution in [2.24, 2.45) is 4.40 Å². The highest BCUT2D eigenvalue weighted by atomic mass is 35.5. The van der Waals surface area contributed by atoms with Crippen molar-refractivity contribution in [2.75, 3.05) is 11.6 Å². The average Bonchev–Trinajstić information content (AvgIpc) is 2.85. The largest absolute Gasteiger partial charge is 0.487 e. The topological polar surface area (TPSA) is 116 Å². The lowest BCUT2D eigenvalue weighted by atomic mass is 9.95. The molecule has 2 aromatic heterocycles.